The van der Waals surface area contributed by atoms with Crippen molar-refractivity contribution in [2.24, 2.45) is 4.99 Å². The third-order valence-electron chi connectivity index (χ3n) is 9.91. The predicted molar refractivity (Wildman–Crippen MR) is 188 cm³/mol. The van der Waals surface area contributed by atoms with Crippen molar-refractivity contribution in [3.8, 4) is 29.3 Å². The highest BCUT2D eigenvalue weighted by molar-refractivity contribution is 6.10. The summed E-state index contributed by atoms with van der Waals surface area (Å²) >= 11 is 0. The number of phenolic OH excluding ortho intramolecular Hbond substituents is 1. The van der Waals surface area contributed by atoms with Crippen molar-refractivity contribution in [2.45, 2.75) is 50.6 Å². The maximum absolute atomic E-state index is 13.9. The number of aryl methyl sites for hydroxylation is 1. The average molecular weight is 704 g/mol. The molecule has 5 atom stereocenters. The molecule has 1 amide bonds. The standard InChI is InChI=1S/C40H34N2O10/c1-21-13-23-14-25(48-2)15-31-34(23)36(45)33(21)30(43)18-42-17-28-22(7-5-10-27(28)39(42)47)8-6-12-50-38-35(44)32(52-40(51-31)37(38)46)20-49-19-24-16-41-29-11-4-3-9-26(24)29/h3-5,7,9-11,13-16,32,35,37-38,40,44,46H,8,17-20H2,1-2H3/p+1/t32-,35-,37-,38-,40+/m1/s1. The van der Waals surface area contributed by atoms with E-state index in [1.165, 1.54) is 18.1 Å². The first kappa shape index (κ1) is 33.6. The zero-order chi connectivity index (χ0) is 36.1. The lowest BCUT2D eigenvalue weighted by Gasteiger charge is -2.41. The quantitative estimate of drug-likeness (QED) is 0.266. The zero-order valence-corrected chi connectivity index (χ0v) is 28.4. The molecule has 3 aromatic carbocycles. The second kappa shape index (κ2) is 13.5. The zero-order valence-electron chi connectivity index (χ0n) is 28.4. The summed E-state index contributed by atoms with van der Waals surface area (Å²) in [7, 11) is 1.47. The number of fused-ring (bicyclic) bond motifs is 5. The fraction of sp³-hybridized carbons (Fsp3) is 0.300. The number of carbonyl (C=O) groups excluding carboxylic acids is 2. The Morgan fingerprint density at radius 3 is 2.85 bits per heavy atom. The number of Topliss-reactive ketones (excluding diaryl/α,β-unsaturated/α-hetero) is 1. The van der Waals surface area contributed by atoms with Gasteiger partial charge in [-0.1, -0.05) is 24.1 Å². The molecule has 12 nitrogen and oxygen atoms in total. The van der Waals surface area contributed by atoms with E-state index in [1.54, 1.807) is 37.4 Å². The van der Waals surface area contributed by atoms with E-state index in [0.29, 0.717) is 22.3 Å². The van der Waals surface area contributed by atoms with Gasteiger partial charge in [0.25, 0.3) is 5.91 Å². The summed E-state index contributed by atoms with van der Waals surface area (Å²) in [4.78, 5) is 33.2. The van der Waals surface area contributed by atoms with Crippen LogP contribution >= 0.6 is 0 Å². The van der Waals surface area contributed by atoms with Crippen LogP contribution in [-0.4, -0.2) is 95.7 Å². The van der Waals surface area contributed by atoms with Crippen molar-refractivity contribution in [1.82, 2.24) is 4.90 Å². The summed E-state index contributed by atoms with van der Waals surface area (Å²) in [6, 6.07) is 10.2. The van der Waals surface area contributed by atoms with Crippen molar-refractivity contribution in [3.63, 3.8) is 0 Å². The van der Waals surface area contributed by atoms with E-state index in [-0.39, 0.29) is 61.1 Å². The van der Waals surface area contributed by atoms with Crippen molar-refractivity contribution in [3.05, 3.63) is 106 Å². The number of carbonyl (C=O) groups is 2. The molecular weight excluding hydrogens is 668 g/mol. The summed E-state index contributed by atoms with van der Waals surface area (Å²) in [5, 5.41) is 35.4. The highest BCUT2D eigenvalue weighted by Crippen LogP contribution is 2.42. The Balaban J connectivity index is 1.17. The largest absolute Gasteiger partial charge is 0.506 e. The van der Waals surface area contributed by atoms with E-state index < -0.39 is 36.5 Å². The van der Waals surface area contributed by atoms with Gasteiger partial charge in [0.1, 0.15) is 47.7 Å². The number of ketones is 1. The number of aliphatic hydroxyl groups excluding tert-OH is 2. The lowest BCUT2D eigenvalue weighted by Crippen LogP contribution is -2.60. The molecule has 3 aromatic rings. The minimum absolute atomic E-state index is 0.0287. The number of hydrogen-bond acceptors (Lipinski definition) is 11. The Labute approximate surface area is 299 Å². The summed E-state index contributed by atoms with van der Waals surface area (Å²) in [5.41, 5.74) is 5.14. The highest BCUT2D eigenvalue weighted by atomic mass is 16.7. The first-order chi connectivity index (χ1) is 25.2. The molecule has 0 saturated carbocycles. The molecule has 264 valence electrons. The summed E-state index contributed by atoms with van der Waals surface area (Å²) < 4.78 is 29.8. The van der Waals surface area contributed by atoms with Crippen LogP contribution in [0.3, 0.4) is 0 Å². The van der Waals surface area contributed by atoms with Crippen LogP contribution in [0.25, 0.3) is 10.8 Å². The normalized spacial score (nSPS) is 24.7. The number of nitrogens with zero attached hydrogens (tertiary/aromatic N) is 2. The molecule has 52 heavy (non-hydrogen) atoms. The fourth-order valence-electron chi connectivity index (χ4n) is 7.28. The van der Waals surface area contributed by atoms with Crippen LogP contribution in [-0.2, 0) is 27.2 Å². The predicted octanol–water partition coefficient (Wildman–Crippen LogP) is 3.48. The Morgan fingerprint density at radius 2 is 2.00 bits per heavy atom. The lowest BCUT2D eigenvalue weighted by atomic mass is 9.96. The summed E-state index contributed by atoms with van der Waals surface area (Å²) in [6.07, 6.45) is 5.49. The molecule has 5 aliphatic rings. The van der Waals surface area contributed by atoms with E-state index in [2.05, 4.69) is 17.0 Å². The number of methoxy groups -OCH3 is 1. The van der Waals surface area contributed by atoms with E-state index >= 15 is 0 Å². The van der Waals surface area contributed by atoms with Gasteiger partial charge in [0.15, 0.2) is 23.7 Å². The molecule has 8 rings (SSSR count). The van der Waals surface area contributed by atoms with Gasteiger partial charge in [-0.2, -0.15) is 4.99 Å². The van der Waals surface area contributed by atoms with Crippen molar-refractivity contribution in [2.75, 3.05) is 26.9 Å². The van der Waals surface area contributed by atoms with Crippen LogP contribution < -0.4 is 9.47 Å². The molecule has 0 spiro atoms. The molecule has 12 heteroatoms. The monoisotopic (exact) mass is 703 g/mol. The summed E-state index contributed by atoms with van der Waals surface area (Å²) in [5.74, 6) is 2.24. The maximum Gasteiger partial charge on any atom is 0.254 e. The van der Waals surface area contributed by atoms with Gasteiger partial charge in [0.2, 0.25) is 6.29 Å². The van der Waals surface area contributed by atoms with Gasteiger partial charge in [0.05, 0.1) is 43.0 Å². The number of aromatic hydroxyl groups is 1. The van der Waals surface area contributed by atoms with E-state index in [1.807, 2.05) is 30.7 Å². The van der Waals surface area contributed by atoms with Gasteiger partial charge in [0, 0.05) is 49.2 Å². The minimum atomic E-state index is -1.57. The van der Waals surface area contributed by atoms with Crippen molar-refractivity contribution >= 4 is 28.7 Å². The molecule has 0 radical (unpaired) electrons. The van der Waals surface area contributed by atoms with Crippen LogP contribution in [0.5, 0.6) is 17.2 Å². The molecule has 1 fully saturated rings. The highest BCUT2D eigenvalue weighted by Gasteiger charge is 2.48. The first-order valence-corrected chi connectivity index (χ1v) is 16.9. The number of benzene rings is 3. The molecule has 0 unspecified atom stereocenters. The Bertz CT molecular complexity index is 2190. The Hall–Kier alpha value is -5.58. The number of aliphatic hydroxyl groups is 2. The third kappa shape index (κ3) is 5.87. The number of hydrogen-bond donors (Lipinski definition) is 3. The average Bonchev–Trinajstić information content (AvgIpc) is 3.69. The van der Waals surface area contributed by atoms with E-state index in [9.17, 15) is 24.9 Å². The number of amides is 1. The molecule has 1 saturated heterocycles. The van der Waals surface area contributed by atoms with Crippen LogP contribution in [0.1, 0.15) is 37.4 Å². The van der Waals surface area contributed by atoms with Gasteiger partial charge in [-0.25, -0.2) is 0 Å². The molecule has 0 aromatic heterocycles. The topological polar surface area (TPSA) is 157 Å². The fourth-order valence-corrected chi connectivity index (χ4v) is 7.28. The van der Waals surface area contributed by atoms with Crippen molar-refractivity contribution in [1.29, 1.82) is 0 Å². The van der Waals surface area contributed by atoms with E-state index in [0.717, 1.165) is 28.0 Å². The van der Waals surface area contributed by atoms with Crippen LogP contribution in [0.4, 0.5) is 0 Å². The first-order valence-electron chi connectivity index (χ1n) is 16.9. The molecular formula is C40H35N2O10+. The van der Waals surface area contributed by atoms with Gasteiger partial charge in [-0.15, -0.1) is 0 Å². The Kier molecular flexibility index (Phi) is 8.72. The molecule has 4 aliphatic heterocycles. The number of aliphatic imine (C=N–C) groups is 1. The van der Waals surface area contributed by atoms with Gasteiger partial charge in [-0.3, -0.25) is 9.59 Å². The number of rotatable bonds is 5. The Morgan fingerprint density at radius 1 is 1.13 bits per heavy atom. The number of ether oxygens (including phenoxy) is 5. The van der Waals surface area contributed by atoms with Crippen LogP contribution in [0.2, 0.25) is 0 Å². The van der Waals surface area contributed by atoms with Gasteiger partial charge < -0.3 is 43.9 Å². The van der Waals surface area contributed by atoms with Crippen LogP contribution in [0.15, 0.2) is 76.5 Å². The maximum atomic E-state index is 13.9. The second-order valence-corrected chi connectivity index (χ2v) is 13.2. The van der Waals surface area contributed by atoms with Crippen LogP contribution in [0, 0.1) is 25.4 Å². The number of phenols is 1. The number of allylic oxidation sites excluding steroid dienone is 4. The lowest BCUT2D eigenvalue weighted by molar-refractivity contribution is -0.278. The third-order valence-corrected chi connectivity index (χ3v) is 9.91. The van der Waals surface area contributed by atoms with Crippen molar-refractivity contribution < 1.29 is 48.6 Å². The minimum Gasteiger partial charge on any atom is -0.506 e. The summed E-state index contributed by atoms with van der Waals surface area (Å²) in [6.45, 7) is 1.69. The SMILES string of the molecule is COc1cc2c3c(O)c(c(C)cc3c1)C(=O)CN1Cc3c(cccc3C1=O)CC#CO[C@H]1[C@@H](O)[C@@H](O2)O[C@H](COCC2=C3[CH+]C=CC=C3N=C2)[C@H]1O. The van der Waals surface area contributed by atoms with E-state index in [4.69, 9.17) is 23.7 Å². The molecule has 6 bridgehead atoms. The molecule has 4 heterocycles. The molecule has 1 aliphatic carbocycles. The second-order valence-electron chi connectivity index (χ2n) is 13.2. The smallest absolute Gasteiger partial charge is 0.254 e. The van der Waals surface area contributed by atoms with Gasteiger partial charge in [-0.05, 0) is 41.1 Å². The molecule has 3 N–H and O–H groups in total. The van der Waals surface area contributed by atoms with Gasteiger partial charge >= 0.3 is 0 Å².